The fourth-order valence-corrected chi connectivity index (χ4v) is 3.36. The van der Waals surface area contributed by atoms with Crippen molar-refractivity contribution >= 4 is 11.3 Å². The average molecular weight is 273 g/mol. The van der Waals surface area contributed by atoms with Gasteiger partial charge in [0.1, 0.15) is 0 Å². The molecule has 0 fully saturated rings. The van der Waals surface area contributed by atoms with Crippen molar-refractivity contribution in [1.29, 1.82) is 0 Å². The summed E-state index contributed by atoms with van der Waals surface area (Å²) in [6, 6.07) is 9.36. The third-order valence-electron chi connectivity index (χ3n) is 3.45. The normalized spacial score (nSPS) is 12.9. The molecule has 0 aliphatic rings. The van der Waals surface area contributed by atoms with Crippen molar-refractivity contribution < 1.29 is 0 Å². The van der Waals surface area contributed by atoms with E-state index in [1.807, 2.05) is 7.05 Å². The molecule has 1 N–H and O–H groups in total. The quantitative estimate of drug-likeness (QED) is 0.842. The monoisotopic (exact) mass is 273 g/mol. The van der Waals surface area contributed by atoms with Crippen LogP contribution in [-0.4, -0.2) is 7.05 Å². The van der Waals surface area contributed by atoms with E-state index in [9.17, 15) is 0 Å². The van der Waals surface area contributed by atoms with Gasteiger partial charge in [-0.05, 0) is 59.3 Å². The maximum absolute atomic E-state index is 3.43. The van der Waals surface area contributed by atoms with Gasteiger partial charge >= 0.3 is 0 Å². The van der Waals surface area contributed by atoms with E-state index in [0.717, 1.165) is 6.42 Å². The first kappa shape index (κ1) is 14.3. The summed E-state index contributed by atoms with van der Waals surface area (Å²) < 4.78 is 0. The number of rotatable bonds is 5. The Morgan fingerprint density at radius 3 is 2.26 bits per heavy atom. The Labute approximate surface area is 120 Å². The van der Waals surface area contributed by atoms with E-state index < -0.39 is 0 Å². The Morgan fingerprint density at radius 1 is 1.11 bits per heavy atom. The Kier molecular flexibility index (Phi) is 4.78. The molecule has 102 valence electrons. The van der Waals surface area contributed by atoms with Crippen molar-refractivity contribution in [3.8, 4) is 0 Å². The van der Waals surface area contributed by atoms with Gasteiger partial charge in [0.2, 0.25) is 0 Å². The van der Waals surface area contributed by atoms with Gasteiger partial charge in [0.05, 0.1) is 6.04 Å². The van der Waals surface area contributed by atoms with Crippen LogP contribution in [0.5, 0.6) is 0 Å². The molecule has 19 heavy (non-hydrogen) atoms. The maximum atomic E-state index is 3.43. The van der Waals surface area contributed by atoms with E-state index in [4.69, 9.17) is 0 Å². The van der Waals surface area contributed by atoms with Crippen molar-refractivity contribution in [2.24, 2.45) is 5.92 Å². The summed E-state index contributed by atoms with van der Waals surface area (Å²) in [7, 11) is 2.03. The molecule has 2 aromatic rings. The topological polar surface area (TPSA) is 12.0 Å². The van der Waals surface area contributed by atoms with Crippen LogP contribution in [0.2, 0.25) is 0 Å². The van der Waals surface area contributed by atoms with Crippen LogP contribution in [0.15, 0.2) is 35.0 Å². The molecule has 1 aromatic heterocycles. The highest BCUT2D eigenvalue weighted by Gasteiger charge is 2.14. The van der Waals surface area contributed by atoms with Gasteiger partial charge in [-0.25, -0.2) is 0 Å². The molecule has 1 heterocycles. The van der Waals surface area contributed by atoms with Crippen molar-refractivity contribution in [3.63, 3.8) is 0 Å². The minimum atomic E-state index is 0.305. The molecule has 1 aromatic carbocycles. The fraction of sp³-hybridized carbons (Fsp3) is 0.412. The van der Waals surface area contributed by atoms with Crippen molar-refractivity contribution in [2.75, 3.05) is 7.05 Å². The lowest BCUT2D eigenvalue weighted by Crippen LogP contribution is -2.17. The molecular weight excluding hydrogens is 250 g/mol. The number of aryl methyl sites for hydroxylation is 1. The summed E-state index contributed by atoms with van der Waals surface area (Å²) in [4.78, 5) is 0. The highest BCUT2D eigenvalue weighted by atomic mass is 32.1. The van der Waals surface area contributed by atoms with Crippen LogP contribution in [0.3, 0.4) is 0 Å². The second-order valence-corrected chi connectivity index (χ2v) is 6.31. The van der Waals surface area contributed by atoms with Crippen LogP contribution in [0.25, 0.3) is 0 Å². The van der Waals surface area contributed by atoms with E-state index in [-0.39, 0.29) is 0 Å². The molecule has 0 saturated heterocycles. The van der Waals surface area contributed by atoms with E-state index in [1.165, 1.54) is 22.3 Å². The smallest absolute Gasteiger partial charge is 0.0585 e. The van der Waals surface area contributed by atoms with Crippen molar-refractivity contribution in [3.05, 3.63) is 57.3 Å². The van der Waals surface area contributed by atoms with Gasteiger partial charge in [-0.15, -0.1) is 0 Å². The summed E-state index contributed by atoms with van der Waals surface area (Å²) in [5, 5.41) is 7.89. The molecule has 1 atom stereocenters. The second kappa shape index (κ2) is 6.36. The lowest BCUT2D eigenvalue weighted by Gasteiger charge is -2.17. The largest absolute Gasteiger partial charge is 0.309 e. The molecule has 1 unspecified atom stereocenters. The van der Waals surface area contributed by atoms with Crippen LogP contribution in [0, 0.1) is 12.8 Å². The lowest BCUT2D eigenvalue weighted by molar-refractivity contribution is 0.645. The molecule has 1 nitrogen and oxygen atoms in total. The molecule has 0 amide bonds. The van der Waals surface area contributed by atoms with Crippen LogP contribution >= 0.6 is 11.3 Å². The standard InChI is InChI=1S/C17H23NS/c1-12(2)9-14-5-7-15(8-6-14)17(18-4)16-11-19-10-13(16)3/h5-8,10-12,17-18H,9H2,1-4H3. The number of hydrogen-bond acceptors (Lipinski definition) is 2. The van der Waals surface area contributed by atoms with E-state index >= 15 is 0 Å². The van der Waals surface area contributed by atoms with E-state index in [1.54, 1.807) is 11.3 Å². The van der Waals surface area contributed by atoms with E-state index in [2.05, 4.69) is 61.1 Å². The van der Waals surface area contributed by atoms with Crippen LogP contribution in [-0.2, 0) is 6.42 Å². The molecule has 0 aliphatic carbocycles. The Hall–Kier alpha value is -1.12. The molecule has 0 aliphatic heterocycles. The number of hydrogen-bond donors (Lipinski definition) is 1. The van der Waals surface area contributed by atoms with Crippen molar-refractivity contribution in [2.45, 2.75) is 33.2 Å². The molecule has 0 radical (unpaired) electrons. The van der Waals surface area contributed by atoms with Gasteiger partial charge in [0.25, 0.3) is 0 Å². The Morgan fingerprint density at radius 2 is 1.79 bits per heavy atom. The molecule has 0 bridgehead atoms. The third-order valence-corrected chi connectivity index (χ3v) is 4.33. The fourth-order valence-electron chi connectivity index (χ4n) is 2.49. The van der Waals surface area contributed by atoms with Gasteiger partial charge in [0.15, 0.2) is 0 Å². The zero-order valence-corrected chi connectivity index (χ0v) is 13.1. The first-order valence-corrected chi connectivity index (χ1v) is 7.85. The van der Waals surface area contributed by atoms with E-state index in [0.29, 0.717) is 12.0 Å². The van der Waals surface area contributed by atoms with Gasteiger partial charge in [-0.2, -0.15) is 11.3 Å². The van der Waals surface area contributed by atoms with Crippen LogP contribution in [0.1, 0.15) is 42.1 Å². The maximum Gasteiger partial charge on any atom is 0.0585 e. The predicted octanol–water partition coefficient (Wildman–Crippen LogP) is 4.56. The Bertz CT molecular complexity index is 510. The molecule has 2 rings (SSSR count). The average Bonchev–Trinajstić information content (AvgIpc) is 2.78. The summed E-state index contributed by atoms with van der Waals surface area (Å²) >= 11 is 1.78. The zero-order valence-electron chi connectivity index (χ0n) is 12.2. The summed E-state index contributed by atoms with van der Waals surface area (Å²) in [6.45, 7) is 6.71. The van der Waals surface area contributed by atoms with Crippen LogP contribution < -0.4 is 5.32 Å². The van der Waals surface area contributed by atoms with Gasteiger partial charge < -0.3 is 5.32 Å². The zero-order chi connectivity index (χ0) is 13.8. The first-order chi connectivity index (χ1) is 9.11. The summed E-state index contributed by atoms with van der Waals surface area (Å²) in [6.07, 6.45) is 1.15. The molecule has 0 spiro atoms. The number of thiophene rings is 1. The minimum Gasteiger partial charge on any atom is -0.309 e. The van der Waals surface area contributed by atoms with Crippen LogP contribution in [0.4, 0.5) is 0 Å². The summed E-state index contributed by atoms with van der Waals surface area (Å²) in [5.74, 6) is 0.713. The number of nitrogens with one attached hydrogen (secondary N) is 1. The molecule has 0 saturated carbocycles. The second-order valence-electron chi connectivity index (χ2n) is 5.57. The highest BCUT2D eigenvalue weighted by molar-refractivity contribution is 7.08. The number of benzene rings is 1. The van der Waals surface area contributed by atoms with Gasteiger partial charge in [-0.1, -0.05) is 38.1 Å². The lowest BCUT2D eigenvalue weighted by atomic mass is 9.95. The minimum absolute atomic E-state index is 0.305. The molecule has 2 heteroatoms. The Balaban J connectivity index is 2.22. The summed E-state index contributed by atoms with van der Waals surface area (Å²) in [5.41, 5.74) is 5.53. The first-order valence-electron chi connectivity index (χ1n) is 6.90. The highest BCUT2D eigenvalue weighted by Crippen LogP contribution is 2.27. The van der Waals surface area contributed by atoms with Gasteiger partial charge in [0, 0.05) is 0 Å². The molecular formula is C17H23NS. The van der Waals surface area contributed by atoms with Crippen molar-refractivity contribution in [1.82, 2.24) is 5.32 Å². The predicted molar refractivity (Wildman–Crippen MR) is 84.9 cm³/mol. The third kappa shape index (κ3) is 3.46. The van der Waals surface area contributed by atoms with Gasteiger partial charge in [-0.3, -0.25) is 0 Å². The SMILES string of the molecule is CNC(c1ccc(CC(C)C)cc1)c1cscc1C.